The predicted molar refractivity (Wildman–Crippen MR) is 96.6 cm³/mol. The Labute approximate surface area is 160 Å². The molecule has 1 aliphatic heterocycles. The van der Waals surface area contributed by atoms with Crippen LogP contribution in [-0.4, -0.2) is 54.1 Å². The minimum absolute atomic E-state index is 0.235. The summed E-state index contributed by atoms with van der Waals surface area (Å²) in [4.78, 5) is 60.7. The van der Waals surface area contributed by atoms with Crippen LogP contribution in [0, 0.1) is 0 Å². The Balaban J connectivity index is 1.45. The van der Waals surface area contributed by atoms with Crippen molar-refractivity contribution in [1.29, 1.82) is 0 Å². The number of carbonyl (C=O) groups is 5. The van der Waals surface area contributed by atoms with E-state index in [1.807, 2.05) is 0 Å². The number of nitrogens with zero attached hydrogens (tertiary/aromatic N) is 1. The average molecular weight is 380 g/mol. The van der Waals surface area contributed by atoms with Crippen molar-refractivity contribution < 1.29 is 28.7 Å². The fourth-order valence-corrected chi connectivity index (χ4v) is 2.66. The molecule has 0 atom stereocenters. The second-order valence-corrected chi connectivity index (χ2v) is 5.97. The highest BCUT2D eigenvalue weighted by Crippen LogP contribution is 2.21. The number of benzene rings is 2. The molecule has 3 rings (SSSR count). The van der Waals surface area contributed by atoms with Crippen LogP contribution in [0.25, 0.3) is 0 Å². The van der Waals surface area contributed by atoms with Crippen LogP contribution in [0.5, 0.6) is 0 Å². The smallest absolute Gasteiger partial charge is 0.325 e. The molecule has 0 fully saturated rings. The SMILES string of the molecule is O=C(CN1C(=O)c2ccccc2C1=O)NCC(=O)OCC(=O)c1ccccc1. The van der Waals surface area contributed by atoms with Crippen LogP contribution in [0.2, 0.25) is 0 Å². The van der Waals surface area contributed by atoms with Gasteiger partial charge in [0.25, 0.3) is 11.8 Å². The second kappa shape index (κ2) is 8.26. The molecule has 3 amide bonds. The Morgan fingerprint density at radius 3 is 2.04 bits per heavy atom. The van der Waals surface area contributed by atoms with Crippen molar-refractivity contribution in [3.8, 4) is 0 Å². The fraction of sp³-hybridized carbons (Fsp3) is 0.150. The highest BCUT2D eigenvalue weighted by molar-refractivity contribution is 6.22. The zero-order valence-electron chi connectivity index (χ0n) is 14.7. The van der Waals surface area contributed by atoms with Gasteiger partial charge in [-0.25, -0.2) is 0 Å². The van der Waals surface area contributed by atoms with Crippen molar-refractivity contribution in [2.24, 2.45) is 0 Å². The van der Waals surface area contributed by atoms with E-state index in [1.165, 1.54) is 12.1 Å². The lowest BCUT2D eigenvalue weighted by Gasteiger charge is -2.13. The standard InChI is InChI=1S/C20H16N2O6/c23-16(13-6-2-1-3-7-13)12-28-18(25)10-21-17(24)11-22-19(26)14-8-4-5-9-15(14)20(22)27/h1-9H,10-12H2,(H,21,24). The lowest BCUT2D eigenvalue weighted by atomic mass is 10.1. The molecule has 0 spiro atoms. The van der Waals surface area contributed by atoms with Gasteiger partial charge in [-0.1, -0.05) is 42.5 Å². The number of hydrogen-bond donors (Lipinski definition) is 1. The minimum Gasteiger partial charge on any atom is -0.456 e. The maximum atomic E-state index is 12.2. The maximum absolute atomic E-state index is 12.2. The van der Waals surface area contributed by atoms with Crippen LogP contribution < -0.4 is 5.32 Å². The fourth-order valence-electron chi connectivity index (χ4n) is 2.66. The molecular weight excluding hydrogens is 364 g/mol. The van der Waals surface area contributed by atoms with E-state index in [0.29, 0.717) is 5.56 Å². The summed E-state index contributed by atoms with van der Waals surface area (Å²) >= 11 is 0. The summed E-state index contributed by atoms with van der Waals surface area (Å²) in [6.07, 6.45) is 0. The number of carbonyl (C=O) groups excluding carboxylic acids is 5. The number of ether oxygens (including phenoxy) is 1. The maximum Gasteiger partial charge on any atom is 0.325 e. The number of hydrogen-bond acceptors (Lipinski definition) is 6. The first kappa shape index (κ1) is 19.0. The lowest BCUT2D eigenvalue weighted by molar-refractivity contribution is -0.142. The Bertz CT molecular complexity index is 919. The van der Waals surface area contributed by atoms with E-state index in [2.05, 4.69) is 5.32 Å². The van der Waals surface area contributed by atoms with Gasteiger partial charge in [-0.15, -0.1) is 0 Å². The first-order valence-electron chi connectivity index (χ1n) is 8.43. The minimum atomic E-state index is -0.806. The van der Waals surface area contributed by atoms with Crippen molar-refractivity contribution >= 4 is 29.5 Å². The number of Topliss-reactive ketones (excluding diaryl/α,β-unsaturated/α-hetero) is 1. The van der Waals surface area contributed by atoms with Gasteiger partial charge in [0.15, 0.2) is 12.4 Å². The van der Waals surface area contributed by atoms with E-state index in [9.17, 15) is 24.0 Å². The van der Waals surface area contributed by atoms with Gasteiger partial charge in [-0.05, 0) is 12.1 Å². The largest absolute Gasteiger partial charge is 0.456 e. The Morgan fingerprint density at radius 2 is 1.43 bits per heavy atom. The molecule has 142 valence electrons. The monoisotopic (exact) mass is 380 g/mol. The van der Waals surface area contributed by atoms with Gasteiger partial charge in [0.2, 0.25) is 5.91 Å². The number of rotatable bonds is 7. The number of esters is 1. The normalized spacial score (nSPS) is 12.5. The van der Waals surface area contributed by atoms with Gasteiger partial charge in [0, 0.05) is 5.56 Å². The quantitative estimate of drug-likeness (QED) is 0.433. The molecule has 1 aliphatic rings. The van der Waals surface area contributed by atoms with E-state index in [1.54, 1.807) is 42.5 Å². The average Bonchev–Trinajstić information content (AvgIpc) is 2.96. The number of imide groups is 1. The molecule has 0 radical (unpaired) electrons. The molecule has 2 aromatic carbocycles. The lowest BCUT2D eigenvalue weighted by Crippen LogP contribution is -2.42. The van der Waals surface area contributed by atoms with Crippen molar-refractivity contribution in [2.75, 3.05) is 19.7 Å². The third kappa shape index (κ3) is 4.12. The van der Waals surface area contributed by atoms with Crippen molar-refractivity contribution in [3.63, 3.8) is 0 Å². The van der Waals surface area contributed by atoms with E-state index in [-0.39, 0.29) is 16.9 Å². The molecular formula is C20H16N2O6. The molecule has 0 saturated heterocycles. The third-order valence-corrected chi connectivity index (χ3v) is 4.07. The molecule has 28 heavy (non-hydrogen) atoms. The molecule has 0 aromatic heterocycles. The number of ketones is 1. The molecule has 1 heterocycles. The summed E-state index contributed by atoms with van der Waals surface area (Å²) < 4.78 is 4.82. The van der Waals surface area contributed by atoms with Gasteiger partial charge < -0.3 is 10.1 Å². The number of fused-ring (bicyclic) bond motifs is 1. The molecule has 8 nitrogen and oxygen atoms in total. The van der Waals surface area contributed by atoms with Gasteiger partial charge in [0.1, 0.15) is 13.1 Å². The van der Waals surface area contributed by atoms with E-state index in [4.69, 9.17) is 4.74 Å². The molecule has 1 N–H and O–H groups in total. The summed E-state index contributed by atoms with van der Waals surface area (Å²) in [5.41, 5.74) is 0.878. The Hall–Kier alpha value is -3.81. The van der Waals surface area contributed by atoms with Crippen LogP contribution >= 0.6 is 0 Å². The Morgan fingerprint density at radius 1 is 0.857 bits per heavy atom. The number of amides is 3. The Kier molecular flexibility index (Phi) is 5.59. The van der Waals surface area contributed by atoms with E-state index < -0.39 is 43.4 Å². The molecule has 8 heteroatoms. The number of nitrogens with one attached hydrogen (secondary N) is 1. The van der Waals surface area contributed by atoms with E-state index >= 15 is 0 Å². The van der Waals surface area contributed by atoms with Crippen molar-refractivity contribution in [1.82, 2.24) is 10.2 Å². The highest BCUT2D eigenvalue weighted by Gasteiger charge is 2.36. The summed E-state index contributed by atoms with van der Waals surface area (Å²) in [6.45, 7) is -1.44. The summed E-state index contributed by atoms with van der Waals surface area (Å²) in [6, 6.07) is 14.6. The van der Waals surface area contributed by atoms with Gasteiger partial charge >= 0.3 is 5.97 Å². The zero-order valence-corrected chi connectivity index (χ0v) is 14.7. The highest BCUT2D eigenvalue weighted by atomic mass is 16.5. The summed E-state index contributed by atoms with van der Waals surface area (Å²) in [5.74, 6) is -2.99. The molecule has 0 unspecified atom stereocenters. The first-order valence-corrected chi connectivity index (χ1v) is 8.43. The van der Waals surface area contributed by atoms with Crippen LogP contribution in [0.3, 0.4) is 0 Å². The third-order valence-electron chi connectivity index (χ3n) is 4.07. The van der Waals surface area contributed by atoms with Gasteiger partial charge in [0.05, 0.1) is 11.1 Å². The van der Waals surface area contributed by atoms with Crippen LogP contribution in [-0.2, 0) is 14.3 Å². The zero-order chi connectivity index (χ0) is 20.1. The van der Waals surface area contributed by atoms with Gasteiger partial charge in [-0.3, -0.25) is 28.9 Å². The molecule has 0 bridgehead atoms. The van der Waals surface area contributed by atoms with Crippen LogP contribution in [0.1, 0.15) is 31.1 Å². The molecule has 0 saturated carbocycles. The van der Waals surface area contributed by atoms with Crippen molar-refractivity contribution in [3.05, 3.63) is 71.3 Å². The topological polar surface area (TPSA) is 110 Å². The van der Waals surface area contributed by atoms with Crippen molar-refractivity contribution in [2.45, 2.75) is 0 Å². The van der Waals surface area contributed by atoms with Crippen LogP contribution in [0.4, 0.5) is 0 Å². The van der Waals surface area contributed by atoms with Crippen LogP contribution in [0.15, 0.2) is 54.6 Å². The second-order valence-electron chi connectivity index (χ2n) is 5.97. The predicted octanol–water partition coefficient (Wildman–Crippen LogP) is 0.825. The molecule has 2 aromatic rings. The summed E-state index contributed by atoms with van der Waals surface area (Å²) in [5, 5.41) is 2.27. The first-order chi connectivity index (χ1) is 13.5. The van der Waals surface area contributed by atoms with Gasteiger partial charge in [-0.2, -0.15) is 0 Å². The molecule has 0 aliphatic carbocycles. The van der Waals surface area contributed by atoms with E-state index in [0.717, 1.165) is 4.90 Å². The summed E-state index contributed by atoms with van der Waals surface area (Å²) in [7, 11) is 0.